The summed E-state index contributed by atoms with van der Waals surface area (Å²) < 4.78 is 51.3. The van der Waals surface area contributed by atoms with Gasteiger partial charge in [-0.05, 0) is 31.8 Å². The molecule has 1 aromatic carbocycles. The van der Waals surface area contributed by atoms with Crippen LogP contribution in [0.2, 0.25) is 0 Å². The van der Waals surface area contributed by atoms with E-state index in [1.807, 2.05) is 25.1 Å². The first-order chi connectivity index (χ1) is 13.2. The van der Waals surface area contributed by atoms with Crippen molar-refractivity contribution in [3.63, 3.8) is 0 Å². The molecular formula is C18H24F4IN5S. The highest BCUT2D eigenvalue weighted by Gasteiger charge is 2.33. The molecule has 0 saturated carbocycles. The molecule has 1 heterocycles. The van der Waals surface area contributed by atoms with Gasteiger partial charge in [-0.2, -0.15) is 13.2 Å². The summed E-state index contributed by atoms with van der Waals surface area (Å²) in [5.74, 6) is 0.212. The number of hydrogen-bond acceptors (Lipinski definition) is 4. The Bertz CT molecular complexity index is 795. The van der Waals surface area contributed by atoms with E-state index in [4.69, 9.17) is 0 Å². The molecule has 29 heavy (non-hydrogen) atoms. The number of aromatic nitrogens is 1. The summed E-state index contributed by atoms with van der Waals surface area (Å²) >= 11 is 0.983. The second-order valence-corrected chi connectivity index (χ2v) is 7.23. The van der Waals surface area contributed by atoms with E-state index >= 15 is 0 Å². The highest BCUT2D eigenvalue weighted by Crippen LogP contribution is 2.30. The van der Waals surface area contributed by atoms with Gasteiger partial charge in [0.25, 0.3) is 0 Å². The zero-order chi connectivity index (χ0) is 20.7. The molecule has 0 fully saturated rings. The summed E-state index contributed by atoms with van der Waals surface area (Å²) in [6.07, 6.45) is -4.07. The zero-order valence-electron chi connectivity index (χ0n) is 16.3. The van der Waals surface area contributed by atoms with Crippen molar-refractivity contribution in [2.24, 2.45) is 4.99 Å². The molecule has 0 saturated heterocycles. The summed E-state index contributed by atoms with van der Waals surface area (Å²) in [6.45, 7) is 0.864. The van der Waals surface area contributed by atoms with Crippen molar-refractivity contribution >= 4 is 41.3 Å². The molecule has 11 heteroatoms. The Labute approximate surface area is 188 Å². The smallest absolute Gasteiger partial charge is 0.356 e. The SMILES string of the molecule is CN=C(NCCc1nc(C(F)(F)F)cs1)NCC(c1cccc(F)c1)N(C)C.I. The maximum absolute atomic E-state index is 13.5. The van der Waals surface area contributed by atoms with Crippen molar-refractivity contribution in [2.45, 2.75) is 18.6 Å². The van der Waals surface area contributed by atoms with Crippen LogP contribution >= 0.6 is 35.3 Å². The fraction of sp³-hybridized carbons (Fsp3) is 0.444. The number of thiazole rings is 1. The van der Waals surface area contributed by atoms with Crippen LogP contribution in [0.5, 0.6) is 0 Å². The van der Waals surface area contributed by atoms with E-state index in [0.29, 0.717) is 30.5 Å². The molecule has 0 aliphatic carbocycles. The summed E-state index contributed by atoms with van der Waals surface area (Å²) in [5.41, 5.74) is -0.0330. The first-order valence-electron chi connectivity index (χ1n) is 8.58. The van der Waals surface area contributed by atoms with E-state index in [1.165, 1.54) is 12.1 Å². The van der Waals surface area contributed by atoms with Crippen molar-refractivity contribution < 1.29 is 17.6 Å². The number of likely N-dealkylation sites (N-methyl/N-ethyl adjacent to an activating group) is 1. The normalized spacial score (nSPS) is 13.2. The van der Waals surface area contributed by atoms with Crippen LogP contribution in [-0.2, 0) is 12.6 Å². The number of halogens is 5. The van der Waals surface area contributed by atoms with Gasteiger partial charge >= 0.3 is 6.18 Å². The lowest BCUT2D eigenvalue weighted by Gasteiger charge is -2.26. The van der Waals surface area contributed by atoms with Gasteiger partial charge in [0.15, 0.2) is 11.7 Å². The molecule has 1 aromatic heterocycles. The van der Waals surface area contributed by atoms with E-state index in [2.05, 4.69) is 20.6 Å². The molecule has 0 spiro atoms. The molecular weight excluding hydrogens is 521 g/mol. The molecule has 2 rings (SSSR count). The van der Waals surface area contributed by atoms with E-state index in [9.17, 15) is 17.6 Å². The van der Waals surface area contributed by atoms with Gasteiger partial charge in [-0.3, -0.25) is 4.99 Å². The van der Waals surface area contributed by atoms with E-state index in [1.54, 1.807) is 13.1 Å². The number of nitrogens with one attached hydrogen (secondary N) is 2. The Morgan fingerprint density at radius 2 is 2.00 bits per heavy atom. The molecule has 162 valence electrons. The topological polar surface area (TPSA) is 52.6 Å². The molecule has 1 unspecified atom stereocenters. The third kappa shape index (κ3) is 8.05. The summed E-state index contributed by atoms with van der Waals surface area (Å²) in [6, 6.07) is 6.32. The quantitative estimate of drug-likeness (QED) is 0.240. The predicted molar refractivity (Wildman–Crippen MR) is 118 cm³/mol. The van der Waals surface area contributed by atoms with E-state index in [-0.39, 0.29) is 35.8 Å². The van der Waals surface area contributed by atoms with Gasteiger partial charge in [0, 0.05) is 31.9 Å². The largest absolute Gasteiger partial charge is 0.434 e. The second-order valence-electron chi connectivity index (χ2n) is 6.29. The lowest BCUT2D eigenvalue weighted by atomic mass is 10.1. The number of alkyl halides is 3. The Hall–Kier alpha value is -1.47. The van der Waals surface area contributed by atoms with E-state index < -0.39 is 11.9 Å². The molecule has 2 N–H and O–H groups in total. The standard InChI is InChI=1S/C18H23F4N5S.HI/c1-23-17(24-8-7-16-26-15(11-28-16)18(20,21)22)25-10-14(27(2)3)12-5-4-6-13(19)9-12;/h4-6,9,11,14H,7-8,10H2,1-3H3,(H2,23,24,25);1H. The average Bonchev–Trinajstić information content (AvgIpc) is 3.09. The first kappa shape index (κ1) is 25.6. The molecule has 5 nitrogen and oxygen atoms in total. The van der Waals surface area contributed by atoms with Gasteiger partial charge in [0.1, 0.15) is 5.82 Å². The Morgan fingerprint density at radius 3 is 2.55 bits per heavy atom. The van der Waals surface area contributed by atoms with Crippen molar-refractivity contribution in [3.05, 3.63) is 51.7 Å². The fourth-order valence-electron chi connectivity index (χ4n) is 2.57. The molecule has 0 bridgehead atoms. The Morgan fingerprint density at radius 1 is 1.28 bits per heavy atom. The number of hydrogen-bond donors (Lipinski definition) is 2. The van der Waals surface area contributed by atoms with Gasteiger partial charge in [0.2, 0.25) is 0 Å². The highest BCUT2D eigenvalue weighted by atomic mass is 127. The molecule has 0 amide bonds. The predicted octanol–water partition coefficient (Wildman–Crippen LogP) is 3.93. The molecule has 0 aliphatic rings. The van der Waals surface area contributed by atoms with Gasteiger partial charge in [0.05, 0.1) is 11.0 Å². The van der Waals surface area contributed by atoms with Crippen molar-refractivity contribution in [1.29, 1.82) is 0 Å². The minimum Gasteiger partial charge on any atom is -0.356 e. The molecule has 0 aliphatic heterocycles. The van der Waals surface area contributed by atoms with Crippen LogP contribution in [0.25, 0.3) is 0 Å². The molecule has 0 radical (unpaired) electrons. The highest BCUT2D eigenvalue weighted by molar-refractivity contribution is 14.0. The van der Waals surface area contributed by atoms with E-state index in [0.717, 1.165) is 22.3 Å². The summed E-state index contributed by atoms with van der Waals surface area (Å²) in [5, 5.41) is 7.64. The molecule has 1 atom stereocenters. The number of aliphatic imine (C=N–C) groups is 1. The summed E-state index contributed by atoms with van der Waals surface area (Å²) in [7, 11) is 5.40. The van der Waals surface area contributed by atoms with Crippen LogP contribution in [0.4, 0.5) is 17.6 Å². The van der Waals surface area contributed by atoms with Crippen LogP contribution in [0.3, 0.4) is 0 Å². The Kier molecular flexibility index (Phi) is 10.3. The lowest BCUT2D eigenvalue weighted by Crippen LogP contribution is -2.42. The van der Waals surface area contributed by atoms with Crippen LogP contribution in [-0.4, -0.2) is 50.1 Å². The van der Waals surface area contributed by atoms with Crippen LogP contribution in [0, 0.1) is 5.82 Å². The fourth-order valence-corrected chi connectivity index (χ4v) is 3.38. The van der Waals surface area contributed by atoms with Gasteiger partial charge in [-0.1, -0.05) is 12.1 Å². The Balaban J connectivity index is 0.00000420. The maximum Gasteiger partial charge on any atom is 0.434 e. The molecule has 2 aromatic rings. The third-order valence-electron chi connectivity index (χ3n) is 4.02. The first-order valence-corrected chi connectivity index (χ1v) is 9.46. The number of nitrogens with zero attached hydrogens (tertiary/aromatic N) is 3. The number of guanidine groups is 1. The minimum atomic E-state index is -4.42. The third-order valence-corrected chi connectivity index (χ3v) is 4.93. The van der Waals surface area contributed by atoms with Crippen molar-refractivity contribution in [3.8, 4) is 0 Å². The van der Waals surface area contributed by atoms with Crippen molar-refractivity contribution in [1.82, 2.24) is 20.5 Å². The van der Waals surface area contributed by atoms with Gasteiger partial charge in [-0.25, -0.2) is 9.37 Å². The lowest BCUT2D eigenvalue weighted by molar-refractivity contribution is -0.140. The average molecular weight is 545 g/mol. The van der Waals surface area contributed by atoms with Crippen LogP contribution < -0.4 is 10.6 Å². The van der Waals surface area contributed by atoms with Crippen LogP contribution in [0.15, 0.2) is 34.6 Å². The monoisotopic (exact) mass is 545 g/mol. The maximum atomic E-state index is 13.5. The number of benzene rings is 1. The van der Waals surface area contributed by atoms with Crippen LogP contribution in [0.1, 0.15) is 22.3 Å². The van der Waals surface area contributed by atoms with Gasteiger partial charge in [-0.15, -0.1) is 35.3 Å². The number of rotatable bonds is 7. The minimum absolute atomic E-state index is 0. The van der Waals surface area contributed by atoms with Gasteiger partial charge < -0.3 is 15.5 Å². The van der Waals surface area contributed by atoms with Crippen molar-refractivity contribution in [2.75, 3.05) is 34.2 Å². The summed E-state index contributed by atoms with van der Waals surface area (Å²) in [4.78, 5) is 9.67. The second kappa shape index (κ2) is 11.6. The zero-order valence-corrected chi connectivity index (χ0v) is 19.4.